The van der Waals surface area contributed by atoms with Gasteiger partial charge in [-0.1, -0.05) is 12.1 Å². The Morgan fingerprint density at radius 1 is 1.07 bits per heavy atom. The minimum Gasteiger partial charge on any atom is -0.462 e. The highest BCUT2D eigenvalue weighted by atomic mass is 16.5. The molecule has 0 unspecified atom stereocenters. The van der Waals surface area contributed by atoms with Crippen molar-refractivity contribution in [2.24, 2.45) is 0 Å². The van der Waals surface area contributed by atoms with Crippen molar-refractivity contribution in [1.29, 1.82) is 0 Å². The number of hydrogen-bond acceptors (Lipinski definition) is 6. The average Bonchev–Trinajstić information content (AvgIpc) is 3.18. The molecule has 4 aromatic rings. The summed E-state index contributed by atoms with van der Waals surface area (Å²) < 4.78 is 6.85. The largest absolute Gasteiger partial charge is 0.462 e. The van der Waals surface area contributed by atoms with Crippen LogP contribution in [0.2, 0.25) is 0 Å². The number of fused-ring (bicyclic) bond motifs is 1. The molecule has 1 amide bonds. The van der Waals surface area contributed by atoms with E-state index in [2.05, 4.69) is 20.3 Å². The number of amides is 1. The van der Waals surface area contributed by atoms with Crippen LogP contribution in [0, 0.1) is 6.92 Å². The molecule has 0 aliphatic heterocycles. The summed E-state index contributed by atoms with van der Waals surface area (Å²) in [5.74, 6) is -0.160. The number of ether oxygens (including phenoxy) is 1. The number of hydrogen-bond donors (Lipinski definition) is 1. The molecule has 0 saturated heterocycles. The number of nitrogens with zero attached hydrogens (tertiary/aromatic N) is 4. The van der Waals surface area contributed by atoms with E-state index in [-0.39, 0.29) is 12.3 Å². The van der Waals surface area contributed by atoms with E-state index in [1.165, 1.54) is 6.07 Å². The zero-order valence-electron chi connectivity index (χ0n) is 16.5. The summed E-state index contributed by atoms with van der Waals surface area (Å²) in [6.45, 7) is 3.67. The van der Waals surface area contributed by atoms with Gasteiger partial charge in [-0.05, 0) is 50.2 Å². The van der Waals surface area contributed by atoms with E-state index in [1.54, 1.807) is 44.6 Å². The summed E-state index contributed by atoms with van der Waals surface area (Å²) >= 11 is 0. The normalized spacial score (nSPS) is 10.7. The second kappa shape index (κ2) is 8.12. The molecule has 0 saturated carbocycles. The first-order valence-corrected chi connectivity index (χ1v) is 9.41. The predicted molar refractivity (Wildman–Crippen MR) is 112 cm³/mol. The highest BCUT2D eigenvalue weighted by molar-refractivity contribution is 6.03. The Bertz CT molecular complexity index is 1230. The van der Waals surface area contributed by atoms with E-state index in [0.29, 0.717) is 22.8 Å². The maximum absolute atomic E-state index is 12.5. The van der Waals surface area contributed by atoms with Gasteiger partial charge >= 0.3 is 5.97 Å². The fourth-order valence-corrected chi connectivity index (χ4v) is 3.05. The second-order valence-corrected chi connectivity index (χ2v) is 6.51. The summed E-state index contributed by atoms with van der Waals surface area (Å²) in [5, 5.41) is 2.76. The van der Waals surface area contributed by atoms with Gasteiger partial charge < -0.3 is 10.1 Å². The number of aromatic nitrogens is 4. The Labute approximate surface area is 172 Å². The minimum absolute atomic E-state index is 0.199. The number of carbonyl (C=O) groups excluding carboxylic acids is 2. The molecule has 0 fully saturated rings. The number of pyridine rings is 2. The number of carbonyl (C=O) groups is 2. The summed E-state index contributed by atoms with van der Waals surface area (Å²) in [7, 11) is 0. The lowest BCUT2D eigenvalue weighted by Gasteiger charge is -2.09. The first-order chi connectivity index (χ1) is 14.6. The van der Waals surface area contributed by atoms with E-state index < -0.39 is 11.9 Å². The molecule has 0 aliphatic carbocycles. The third kappa shape index (κ3) is 3.75. The first-order valence-electron chi connectivity index (χ1n) is 9.41. The lowest BCUT2D eigenvalue weighted by Crippen LogP contribution is -2.16. The van der Waals surface area contributed by atoms with Crippen molar-refractivity contribution in [2.45, 2.75) is 13.8 Å². The second-order valence-electron chi connectivity index (χ2n) is 6.51. The van der Waals surface area contributed by atoms with Crippen molar-refractivity contribution in [3.63, 3.8) is 0 Å². The number of rotatable bonds is 5. The topological polar surface area (TPSA) is 99.0 Å². The molecule has 150 valence electrons. The maximum Gasteiger partial charge on any atom is 0.339 e. The van der Waals surface area contributed by atoms with Gasteiger partial charge in [0.05, 0.1) is 40.8 Å². The molecule has 8 heteroatoms. The van der Waals surface area contributed by atoms with Gasteiger partial charge in [0, 0.05) is 0 Å². The van der Waals surface area contributed by atoms with Crippen LogP contribution in [0.1, 0.15) is 33.5 Å². The summed E-state index contributed by atoms with van der Waals surface area (Å²) in [6.07, 6.45) is 3.28. The van der Waals surface area contributed by atoms with Crippen LogP contribution in [0.4, 0.5) is 5.69 Å². The first kappa shape index (κ1) is 19.3. The van der Waals surface area contributed by atoms with Crippen LogP contribution in [-0.2, 0) is 4.74 Å². The number of anilines is 1. The highest BCUT2D eigenvalue weighted by Crippen LogP contribution is 2.18. The summed E-state index contributed by atoms with van der Waals surface area (Å²) in [4.78, 5) is 37.4. The number of nitrogens with one attached hydrogen (secondary N) is 1. The third-order valence-electron chi connectivity index (χ3n) is 4.52. The number of para-hydroxylation sites is 2. The zero-order chi connectivity index (χ0) is 21.1. The van der Waals surface area contributed by atoms with Crippen LogP contribution >= 0.6 is 0 Å². The molecule has 4 rings (SSSR count). The van der Waals surface area contributed by atoms with Crippen molar-refractivity contribution in [2.75, 3.05) is 11.9 Å². The Hall–Kier alpha value is -4.07. The van der Waals surface area contributed by atoms with Crippen LogP contribution in [0.5, 0.6) is 0 Å². The fourth-order valence-electron chi connectivity index (χ4n) is 3.05. The van der Waals surface area contributed by atoms with E-state index >= 15 is 0 Å². The lowest BCUT2D eigenvalue weighted by atomic mass is 10.2. The van der Waals surface area contributed by atoms with Crippen LogP contribution in [0.25, 0.3) is 16.9 Å². The fraction of sp³-hybridized carbons (Fsp3) is 0.136. The van der Waals surface area contributed by atoms with Crippen molar-refractivity contribution < 1.29 is 14.3 Å². The quantitative estimate of drug-likeness (QED) is 0.514. The average molecular weight is 401 g/mol. The molecular formula is C22H19N5O3. The van der Waals surface area contributed by atoms with Crippen LogP contribution in [0.3, 0.4) is 0 Å². The van der Waals surface area contributed by atoms with Crippen molar-refractivity contribution >= 4 is 28.6 Å². The van der Waals surface area contributed by atoms with Crippen LogP contribution in [-0.4, -0.2) is 38.0 Å². The number of imidazole rings is 1. The Kier molecular flexibility index (Phi) is 5.21. The molecule has 3 aromatic heterocycles. The Morgan fingerprint density at radius 3 is 2.63 bits per heavy atom. The smallest absolute Gasteiger partial charge is 0.339 e. The van der Waals surface area contributed by atoms with Gasteiger partial charge in [-0.3, -0.25) is 9.36 Å². The predicted octanol–water partition coefficient (Wildman–Crippen LogP) is 3.55. The molecule has 1 aromatic carbocycles. The zero-order valence-corrected chi connectivity index (χ0v) is 16.5. The lowest BCUT2D eigenvalue weighted by molar-refractivity contribution is 0.0524. The molecule has 3 heterocycles. The van der Waals surface area contributed by atoms with Gasteiger partial charge in [-0.2, -0.15) is 0 Å². The monoisotopic (exact) mass is 401 g/mol. The molecule has 30 heavy (non-hydrogen) atoms. The number of esters is 1. The van der Waals surface area contributed by atoms with Crippen LogP contribution < -0.4 is 5.32 Å². The van der Waals surface area contributed by atoms with Gasteiger partial charge in [0.15, 0.2) is 0 Å². The number of aryl methyl sites for hydroxylation is 1. The molecule has 0 radical (unpaired) electrons. The van der Waals surface area contributed by atoms with Gasteiger partial charge in [-0.15, -0.1) is 0 Å². The molecule has 8 nitrogen and oxygen atoms in total. The van der Waals surface area contributed by atoms with E-state index in [0.717, 1.165) is 11.0 Å². The highest BCUT2D eigenvalue weighted by Gasteiger charge is 2.15. The van der Waals surface area contributed by atoms with Gasteiger partial charge in [-0.25, -0.2) is 19.7 Å². The standard InChI is InChI=1S/C22H19N5O3/c1-3-30-22(29)16-9-10-18(25-14(16)2)21(28)26-15-8-11-20(23-12-15)27-13-24-17-6-4-5-7-19(17)27/h4-13H,3H2,1-2H3,(H,26,28). The van der Waals surface area contributed by atoms with E-state index in [1.807, 2.05) is 28.8 Å². The molecule has 0 aliphatic rings. The van der Waals surface area contributed by atoms with Gasteiger partial charge in [0.25, 0.3) is 5.91 Å². The van der Waals surface area contributed by atoms with E-state index in [9.17, 15) is 9.59 Å². The van der Waals surface area contributed by atoms with Crippen LogP contribution in [0.15, 0.2) is 61.1 Å². The molecule has 0 atom stereocenters. The van der Waals surface area contributed by atoms with Gasteiger partial charge in [0.2, 0.25) is 0 Å². The van der Waals surface area contributed by atoms with E-state index in [4.69, 9.17) is 4.74 Å². The summed E-state index contributed by atoms with van der Waals surface area (Å²) in [5.41, 5.74) is 3.33. The molecule has 0 spiro atoms. The number of benzene rings is 1. The van der Waals surface area contributed by atoms with Crippen molar-refractivity contribution in [3.05, 3.63) is 78.0 Å². The SMILES string of the molecule is CCOC(=O)c1ccc(C(=O)Nc2ccc(-n3cnc4ccccc43)nc2)nc1C. The minimum atomic E-state index is -0.457. The molecular weight excluding hydrogens is 382 g/mol. The third-order valence-corrected chi connectivity index (χ3v) is 4.52. The maximum atomic E-state index is 12.5. The summed E-state index contributed by atoms with van der Waals surface area (Å²) in [6, 6.07) is 14.4. The Balaban J connectivity index is 1.50. The van der Waals surface area contributed by atoms with Gasteiger partial charge in [0.1, 0.15) is 17.8 Å². The van der Waals surface area contributed by atoms with Crippen molar-refractivity contribution in [1.82, 2.24) is 19.5 Å². The molecule has 1 N–H and O–H groups in total. The van der Waals surface area contributed by atoms with Crippen molar-refractivity contribution in [3.8, 4) is 5.82 Å². The Morgan fingerprint density at radius 2 is 1.90 bits per heavy atom. The molecule has 0 bridgehead atoms.